The summed E-state index contributed by atoms with van der Waals surface area (Å²) in [6.45, 7) is 4.28. The van der Waals surface area contributed by atoms with Crippen LogP contribution in [0, 0.1) is 6.92 Å². The van der Waals surface area contributed by atoms with Gasteiger partial charge in [0.15, 0.2) is 5.69 Å². The summed E-state index contributed by atoms with van der Waals surface area (Å²) < 4.78 is 4.88. The Labute approximate surface area is 122 Å². The molecule has 1 unspecified atom stereocenters. The van der Waals surface area contributed by atoms with Crippen molar-refractivity contribution in [1.29, 1.82) is 0 Å². The molecule has 1 aliphatic rings. The van der Waals surface area contributed by atoms with Crippen molar-refractivity contribution in [3.8, 4) is 0 Å². The fourth-order valence-corrected chi connectivity index (χ4v) is 2.57. The number of hydrogen-bond acceptors (Lipinski definition) is 5. The normalized spacial score (nSPS) is 19.0. The molecule has 0 spiro atoms. The highest BCUT2D eigenvalue weighted by Gasteiger charge is 2.23. The van der Waals surface area contributed by atoms with Crippen LogP contribution in [0.4, 0.5) is 0 Å². The van der Waals surface area contributed by atoms with E-state index in [9.17, 15) is 4.79 Å². The summed E-state index contributed by atoms with van der Waals surface area (Å²) in [5, 5.41) is 6.48. The third-order valence-electron chi connectivity index (χ3n) is 3.73. The fourth-order valence-electron chi connectivity index (χ4n) is 2.57. The fraction of sp³-hybridized carbons (Fsp3) is 0.500. The van der Waals surface area contributed by atoms with E-state index in [1.165, 1.54) is 0 Å². The lowest BCUT2D eigenvalue weighted by atomic mass is 10.1. The Kier molecular flexibility index (Phi) is 3.74. The van der Waals surface area contributed by atoms with Gasteiger partial charge in [0.2, 0.25) is 0 Å². The van der Waals surface area contributed by atoms with E-state index in [4.69, 9.17) is 4.52 Å². The minimum absolute atomic E-state index is 0.247. The molecule has 1 saturated heterocycles. The second-order valence-corrected chi connectivity index (χ2v) is 5.55. The van der Waals surface area contributed by atoms with Crippen molar-refractivity contribution in [1.82, 2.24) is 25.3 Å². The third kappa shape index (κ3) is 3.13. The van der Waals surface area contributed by atoms with E-state index >= 15 is 0 Å². The molecule has 0 bridgehead atoms. The lowest BCUT2D eigenvalue weighted by molar-refractivity contribution is 0.0941. The molecule has 2 aromatic rings. The van der Waals surface area contributed by atoms with Crippen molar-refractivity contribution in [3.63, 3.8) is 0 Å². The number of rotatable bonds is 4. The highest BCUT2D eigenvalue weighted by Crippen LogP contribution is 2.23. The van der Waals surface area contributed by atoms with Crippen molar-refractivity contribution >= 4 is 5.91 Å². The average molecular weight is 289 g/mol. The van der Waals surface area contributed by atoms with Gasteiger partial charge in [-0.15, -0.1) is 0 Å². The van der Waals surface area contributed by atoms with Crippen molar-refractivity contribution in [3.05, 3.63) is 35.2 Å². The first kappa shape index (κ1) is 13.8. The first-order valence-electron chi connectivity index (χ1n) is 7.05. The third-order valence-corrected chi connectivity index (χ3v) is 3.73. The molecule has 3 heterocycles. The number of aromatic amines is 1. The number of nitrogens with zero attached hydrogens (tertiary/aromatic N) is 3. The van der Waals surface area contributed by atoms with Gasteiger partial charge in [-0.05, 0) is 26.9 Å². The molecule has 1 aliphatic heterocycles. The van der Waals surface area contributed by atoms with Gasteiger partial charge in [-0.25, -0.2) is 4.98 Å². The van der Waals surface area contributed by atoms with E-state index in [0.29, 0.717) is 23.9 Å². The summed E-state index contributed by atoms with van der Waals surface area (Å²) in [4.78, 5) is 21.9. The Morgan fingerprint density at radius 3 is 3.14 bits per heavy atom. The monoisotopic (exact) mass is 289 g/mol. The maximum Gasteiger partial charge on any atom is 0.273 e. The Hall–Kier alpha value is -2.15. The Morgan fingerprint density at radius 2 is 2.48 bits per heavy atom. The second kappa shape index (κ2) is 5.69. The highest BCUT2D eigenvalue weighted by atomic mass is 16.5. The van der Waals surface area contributed by atoms with Crippen LogP contribution in [0.3, 0.4) is 0 Å². The zero-order chi connectivity index (χ0) is 14.8. The van der Waals surface area contributed by atoms with Crippen LogP contribution >= 0.6 is 0 Å². The summed E-state index contributed by atoms with van der Waals surface area (Å²) in [6.07, 6.45) is 2.90. The number of aromatic nitrogens is 3. The Bertz CT molecular complexity index is 633. The van der Waals surface area contributed by atoms with Crippen molar-refractivity contribution < 1.29 is 9.32 Å². The van der Waals surface area contributed by atoms with Crippen LogP contribution in [0.2, 0.25) is 0 Å². The molecule has 2 aromatic heterocycles. The molecule has 0 aromatic carbocycles. The van der Waals surface area contributed by atoms with Crippen LogP contribution in [0.1, 0.15) is 40.1 Å². The topological polar surface area (TPSA) is 87.0 Å². The largest absolute Gasteiger partial charge is 0.361 e. The number of H-pyrrole nitrogens is 1. The number of imidazole rings is 1. The first-order valence-corrected chi connectivity index (χ1v) is 7.05. The molecule has 7 nitrogen and oxygen atoms in total. The quantitative estimate of drug-likeness (QED) is 0.878. The van der Waals surface area contributed by atoms with E-state index in [2.05, 4.69) is 32.4 Å². The minimum Gasteiger partial charge on any atom is -0.361 e. The van der Waals surface area contributed by atoms with E-state index in [-0.39, 0.29) is 5.91 Å². The Morgan fingerprint density at radius 1 is 1.62 bits per heavy atom. The van der Waals surface area contributed by atoms with Crippen LogP contribution in [0.15, 0.2) is 16.8 Å². The van der Waals surface area contributed by atoms with Gasteiger partial charge in [-0.1, -0.05) is 5.16 Å². The summed E-state index contributed by atoms with van der Waals surface area (Å²) in [6, 6.07) is 1.61. The van der Waals surface area contributed by atoms with E-state index in [0.717, 1.165) is 31.0 Å². The van der Waals surface area contributed by atoms with Gasteiger partial charge in [0.25, 0.3) is 5.91 Å². The standard InChI is InChI=1S/C14H19N5O2/c1-9-5-12(18-21-9)14(20)16-7-11-6-15-13(17-11)10-3-4-19(2)8-10/h5-6,10H,3-4,7-8H2,1-2H3,(H,15,17)(H,16,20). The van der Waals surface area contributed by atoms with Gasteiger partial charge in [0.05, 0.1) is 18.4 Å². The number of carbonyl (C=O) groups is 1. The van der Waals surface area contributed by atoms with E-state index in [1.807, 2.05) is 0 Å². The molecule has 112 valence electrons. The second-order valence-electron chi connectivity index (χ2n) is 5.55. The summed E-state index contributed by atoms with van der Waals surface area (Å²) in [7, 11) is 2.12. The average Bonchev–Trinajstić information content (AvgIpc) is 3.16. The molecule has 7 heteroatoms. The molecule has 0 aliphatic carbocycles. The van der Waals surface area contributed by atoms with Crippen LogP contribution in [-0.4, -0.2) is 46.1 Å². The summed E-state index contributed by atoms with van der Waals surface area (Å²) >= 11 is 0. The summed E-state index contributed by atoms with van der Waals surface area (Å²) in [5.74, 6) is 1.83. The summed E-state index contributed by atoms with van der Waals surface area (Å²) in [5.41, 5.74) is 1.19. The maximum atomic E-state index is 11.9. The van der Waals surface area contributed by atoms with Crippen molar-refractivity contribution in [2.24, 2.45) is 0 Å². The number of nitrogens with one attached hydrogen (secondary N) is 2. The number of amides is 1. The van der Waals surface area contributed by atoms with Gasteiger partial charge in [-0.2, -0.15) is 0 Å². The lowest BCUT2D eigenvalue weighted by Gasteiger charge is -2.07. The predicted octanol–water partition coefficient (Wildman–Crippen LogP) is 1.06. The van der Waals surface area contributed by atoms with Gasteiger partial charge < -0.3 is 19.7 Å². The van der Waals surface area contributed by atoms with Crippen LogP contribution in [-0.2, 0) is 6.54 Å². The van der Waals surface area contributed by atoms with Crippen LogP contribution in [0.5, 0.6) is 0 Å². The predicted molar refractivity (Wildman–Crippen MR) is 75.9 cm³/mol. The molecule has 2 N–H and O–H groups in total. The zero-order valence-corrected chi connectivity index (χ0v) is 12.2. The van der Waals surface area contributed by atoms with Gasteiger partial charge >= 0.3 is 0 Å². The molecule has 1 atom stereocenters. The van der Waals surface area contributed by atoms with E-state index in [1.54, 1.807) is 19.2 Å². The molecule has 0 radical (unpaired) electrons. The van der Waals surface area contributed by atoms with Crippen LogP contribution in [0.25, 0.3) is 0 Å². The zero-order valence-electron chi connectivity index (χ0n) is 12.2. The van der Waals surface area contributed by atoms with Gasteiger partial charge in [0, 0.05) is 18.5 Å². The van der Waals surface area contributed by atoms with E-state index < -0.39 is 0 Å². The maximum absolute atomic E-state index is 11.9. The molecular formula is C14H19N5O2. The molecule has 1 amide bonds. The number of hydrogen-bond donors (Lipinski definition) is 2. The Balaban J connectivity index is 1.56. The van der Waals surface area contributed by atoms with Gasteiger partial charge in [0.1, 0.15) is 11.6 Å². The first-order chi connectivity index (χ1) is 10.1. The molecule has 21 heavy (non-hydrogen) atoms. The highest BCUT2D eigenvalue weighted by molar-refractivity contribution is 5.92. The molecule has 3 rings (SSSR count). The SMILES string of the molecule is Cc1cc(C(=O)NCc2cnc(C3CCN(C)C3)[nH]2)no1. The molecular weight excluding hydrogens is 270 g/mol. The number of likely N-dealkylation sites (tertiary alicyclic amines) is 1. The molecule has 0 saturated carbocycles. The molecule has 1 fully saturated rings. The smallest absolute Gasteiger partial charge is 0.273 e. The number of carbonyl (C=O) groups excluding carboxylic acids is 1. The number of aryl methyl sites for hydroxylation is 1. The van der Waals surface area contributed by atoms with Crippen LogP contribution < -0.4 is 5.32 Å². The minimum atomic E-state index is -0.247. The van der Waals surface area contributed by atoms with Crippen molar-refractivity contribution in [2.45, 2.75) is 25.8 Å². The number of likely N-dealkylation sites (N-methyl/N-ethyl adjacent to an activating group) is 1. The van der Waals surface area contributed by atoms with Crippen molar-refractivity contribution in [2.75, 3.05) is 20.1 Å². The lowest BCUT2D eigenvalue weighted by Crippen LogP contribution is -2.23. The van der Waals surface area contributed by atoms with Gasteiger partial charge in [-0.3, -0.25) is 4.79 Å².